The average Bonchev–Trinajstić information content (AvgIpc) is 3.35. The normalized spacial score (nSPS) is 11.2. The molecule has 0 saturated heterocycles. The molecule has 0 radical (unpaired) electrons. The van der Waals surface area contributed by atoms with Gasteiger partial charge in [0.25, 0.3) is 11.1 Å². The van der Waals surface area contributed by atoms with Crippen LogP contribution in [0.25, 0.3) is 0 Å². The van der Waals surface area contributed by atoms with Gasteiger partial charge >= 0.3 is 6.09 Å². The minimum atomic E-state index is -1.02. The number of hydrogen-bond acceptors (Lipinski definition) is 10. The van der Waals surface area contributed by atoms with Gasteiger partial charge in [0.2, 0.25) is 17.7 Å². The van der Waals surface area contributed by atoms with Gasteiger partial charge < -0.3 is 34.9 Å². The Morgan fingerprint density at radius 1 is 1.12 bits per heavy atom. The van der Waals surface area contributed by atoms with Crippen LogP contribution in [0, 0.1) is 0 Å². The van der Waals surface area contributed by atoms with Gasteiger partial charge in [0.1, 0.15) is 11.4 Å². The number of aromatic nitrogens is 3. The Labute approximate surface area is 241 Å². The van der Waals surface area contributed by atoms with E-state index in [1.807, 2.05) is 12.1 Å². The van der Waals surface area contributed by atoms with Crippen molar-refractivity contribution in [3.05, 3.63) is 39.9 Å². The SMILES string of the molecule is COc1nc(NCCN(C(=O)O)C(C)C)nc(OC)c1NC(=O)c1csc(Oc2cc(C(C)(C)C)ccc2Cl)n1. The molecule has 0 unspecified atom stereocenters. The van der Waals surface area contributed by atoms with Crippen molar-refractivity contribution in [1.29, 1.82) is 0 Å². The van der Waals surface area contributed by atoms with Crippen LogP contribution in [0.2, 0.25) is 5.02 Å². The highest BCUT2D eigenvalue weighted by atomic mass is 35.5. The molecule has 12 nitrogen and oxygen atoms in total. The van der Waals surface area contributed by atoms with Crippen molar-refractivity contribution in [3.8, 4) is 22.7 Å². The molecule has 3 N–H and O–H groups in total. The van der Waals surface area contributed by atoms with Crippen LogP contribution in [0.5, 0.6) is 22.7 Å². The van der Waals surface area contributed by atoms with Crippen LogP contribution in [-0.4, -0.2) is 70.3 Å². The number of carbonyl (C=O) groups excluding carboxylic acids is 1. The lowest BCUT2D eigenvalue weighted by atomic mass is 9.87. The molecule has 2 aromatic heterocycles. The first-order valence-corrected chi connectivity index (χ1v) is 13.6. The van der Waals surface area contributed by atoms with Crippen molar-refractivity contribution in [1.82, 2.24) is 19.9 Å². The van der Waals surface area contributed by atoms with E-state index in [0.717, 1.165) is 16.9 Å². The van der Waals surface area contributed by atoms with Crippen LogP contribution in [0.15, 0.2) is 23.6 Å². The number of carboxylic acid groups (broad SMARTS) is 1. The highest BCUT2D eigenvalue weighted by Crippen LogP contribution is 2.36. The van der Waals surface area contributed by atoms with E-state index < -0.39 is 12.0 Å². The van der Waals surface area contributed by atoms with E-state index in [1.165, 1.54) is 19.1 Å². The van der Waals surface area contributed by atoms with E-state index in [9.17, 15) is 14.7 Å². The Morgan fingerprint density at radius 2 is 1.77 bits per heavy atom. The molecule has 0 saturated carbocycles. The number of hydrogen-bond donors (Lipinski definition) is 3. The van der Waals surface area contributed by atoms with Crippen molar-refractivity contribution in [3.63, 3.8) is 0 Å². The van der Waals surface area contributed by atoms with Gasteiger partial charge in [-0.15, -0.1) is 0 Å². The molecule has 1 aromatic carbocycles. The van der Waals surface area contributed by atoms with Crippen molar-refractivity contribution in [2.75, 3.05) is 37.9 Å². The van der Waals surface area contributed by atoms with Crippen LogP contribution in [-0.2, 0) is 5.41 Å². The third kappa shape index (κ3) is 7.63. The summed E-state index contributed by atoms with van der Waals surface area (Å²) in [6.45, 7) is 10.3. The van der Waals surface area contributed by atoms with Crippen LogP contribution in [0.4, 0.5) is 16.4 Å². The Kier molecular flexibility index (Phi) is 9.98. The largest absolute Gasteiger partial charge is 0.479 e. The van der Waals surface area contributed by atoms with Crippen molar-refractivity contribution in [2.24, 2.45) is 0 Å². The van der Waals surface area contributed by atoms with Crippen molar-refractivity contribution < 1.29 is 28.9 Å². The zero-order valence-corrected chi connectivity index (χ0v) is 24.9. The topological polar surface area (TPSA) is 148 Å². The maximum Gasteiger partial charge on any atom is 0.407 e. The Morgan fingerprint density at radius 3 is 2.33 bits per heavy atom. The number of rotatable bonds is 11. The molecule has 14 heteroatoms. The van der Waals surface area contributed by atoms with Crippen LogP contribution in [0.1, 0.15) is 50.7 Å². The van der Waals surface area contributed by atoms with Gasteiger partial charge in [-0.3, -0.25) is 4.79 Å². The summed E-state index contributed by atoms with van der Waals surface area (Å²) in [5, 5.41) is 17.2. The summed E-state index contributed by atoms with van der Waals surface area (Å²) in [6.07, 6.45) is -1.02. The number of thiazole rings is 1. The first kappa shape index (κ1) is 30.7. The minimum absolute atomic E-state index is 0.0409. The maximum atomic E-state index is 13.0. The van der Waals surface area contributed by atoms with E-state index in [4.69, 9.17) is 25.8 Å². The lowest BCUT2D eigenvalue weighted by Gasteiger charge is -2.23. The van der Waals surface area contributed by atoms with Gasteiger partial charge in [-0.05, 0) is 37.0 Å². The fraction of sp³-hybridized carbons (Fsp3) is 0.423. The monoisotopic (exact) mass is 592 g/mol. The van der Waals surface area contributed by atoms with Gasteiger partial charge in [0, 0.05) is 24.5 Å². The molecule has 0 atom stereocenters. The molecule has 0 spiro atoms. The molecule has 40 heavy (non-hydrogen) atoms. The third-order valence-corrected chi connectivity index (χ3v) is 6.71. The third-order valence-electron chi connectivity index (χ3n) is 5.68. The van der Waals surface area contributed by atoms with Crippen molar-refractivity contribution >= 4 is 46.6 Å². The van der Waals surface area contributed by atoms with Gasteiger partial charge in [0.05, 0.1) is 19.2 Å². The van der Waals surface area contributed by atoms with E-state index in [1.54, 1.807) is 25.3 Å². The van der Waals surface area contributed by atoms with E-state index in [0.29, 0.717) is 10.8 Å². The fourth-order valence-corrected chi connectivity index (χ4v) is 4.31. The van der Waals surface area contributed by atoms with Crippen molar-refractivity contribution in [2.45, 2.75) is 46.1 Å². The number of halogens is 1. The van der Waals surface area contributed by atoms with Gasteiger partial charge in [-0.1, -0.05) is 49.8 Å². The summed E-state index contributed by atoms with van der Waals surface area (Å²) in [5.41, 5.74) is 1.13. The summed E-state index contributed by atoms with van der Waals surface area (Å²) >= 11 is 7.47. The number of anilines is 2. The van der Waals surface area contributed by atoms with E-state index >= 15 is 0 Å². The highest BCUT2D eigenvalue weighted by Gasteiger charge is 2.22. The van der Waals surface area contributed by atoms with Crippen LogP contribution < -0.4 is 24.8 Å². The fourth-order valence-electron chi connectivity index (χ4n) is 3.49. The average molecular weight is 593 g/mol. The Bertz CT molecular complexity index is 1330. The van der Waals surface area contributed by atoms with Gasteiger partial charge in [0.15, 0.2) is 5.69 Å². The zero-order valence-electron chi connectivity index (χ0n) is 23.4. The molecule has 0 aliphatic carbocycles. The second-order valence-electron chi connectivity index (χ2n) is 9.89. The number of carbonyl (C=O) groups is 2. The predicted octanol–water partition coefficient (Wildman–Crippen LogP) is 5.75. The lowest BCUT2D eigenvalue weighted by Crippen LogP contribution is -2.39. The number of nitrogens with one attached hydrogen (secondary N) is 2. The molecule has 216 valence electrons. The summed E-state index contributed by atoms with van der Waals surface area (Å²) in [6, 6.07) is 5.37. The molecule has 0 aliphatic heterocycles. The first-order chi connectivity index (χ1) is 18.8. The quantitative estimate of drug-likeness (QED) is 0.251. The predicted molar refractivity (Wildman–Crippen MR) is 154 cm³/mol. The number of ether oxygens (including phenoxy) is 3. The van der Waals surface area contributed by atoms with E-state index in [-0.39, 0.29) is 58.8 Å². The second-order valence-corrected chi connectivity index (χ2v) is 11.1. The summed E-state index contributed by atoms with van der Waals surface area (Å²) in [5.74, 6) is 0.100. The summed E-state index contributed by atoms with van der Waals surface area (Å²) < 4.78 is 16.6. The molecule has 0 bridgehead atoms. The number of methoxy groups -OCH3 is 2. The first-order valence-electron chi connectivity index (χ1n) is 12.3. The molecule has 0 aliphatic rings. The molecule has 2 heterocycles. The standard InChI is InChI=1S/C26H33ClN6O6S/c1-14(2)33(25(35)36)11-10-28-23-31-21(37-6)19(22(32-23)38-7)30-20(34)17-13-40-24(29-17)39-18-12-15(26(3,4)5)8-9-16(18)27/h8-9,12-14H,10-11H2,1-7H3,(H,30,34)(H,35,36)(H,28,31,32). The Hall–Kier alpha value is -3.84. The van der Waals surface area contributed by atoms with E-state index in [2.05, 4.69) is 46.4 Å². The summed E-state index contributed by atoms with van der Waals surface area (Å²) in [7, 11) is 2.77. The van der Waals surface area contributed by atoms with Gasteiger partial charge in [-0.2, -0.15) is 15.0 Å². The number of benzene rings is 1. The molecule has 0 fully saturated rings. The molecular formula is C26H33ClN6O6S. The lowest BCUT2D eigenvalue weighted by molar-refractivity contribution is 0.102. The minimum Gasteiger partial charge on any atom is -0.479 e. The second kappa shape index (κ2) is 13.0. The molecule has 3 aromatic rings. The number of nitrogens with zero attached hydrogens (tertiary/aromatic N) is 4. The number of amides is 2. The molecule has 2 amide bonds. The summed E-state index contributed by atoms with van der Waals surface area (Å²) in [4.78, 5) is 38.5. The Balaban J connectivity index is 1.74. The van der Waals surface area contributed by atoms with Gasteiger partial charge in [-0.25, -0.2) is 4.79 Å². The molecule has 3 rings (SSSR count). The smallest absolute Gasteiger partial charge is 0.407 e. The molecular weight excluding hydrogens is 560 g/mol. The highest BCUT2D eigenvalue weighted by molar-refractivity contribution is 7.11. The zero-order chi connectivity index (χ0) is 29.6. The van der Waals surface area contributed by atoms with Crippen LogP contribution >= 0.6 is 22.9 Å². The maximum absolute atomic E-state index is 13.0. The van der Waals surface area contributed by atoms with Crippen LogP contribution in [0.3, 0.4) is 0 Å².